The minimum absolute atomic E-state index is 0.0255. The topological polar surface area (TPSA) is 94.2 Å². The van der Waals surface area contributed by atoms with E-state index in [1.807, 2.05) is 0 Å². The lowest BCUT2D eigenvalue weighted by atomic mass is 10.2. The summed E-state index contributed by atoms with van der Waals surface area (Å²) >= 11 is 0. The molecule has 8 nitrogen and oxygen atoms in total. The standard InChI is InChI=1S/C17H21N3O5/c1-25-12-6-7-13(14(10-12)20(23)24)19-16(21)11-15(17(19)22)18-8-4-2-3-5-9-18/h6-7,10,15H,2-5,8-9,11H2,1H3/p+1/t15-/m0/s1. The molecule has 2 fully saturated rings. The molecule has 2 amide bonds. The van der Waals surface area contributed by atoms with Crippen LogP contribution < -0.4 is 14.5 Å². The highest BCUT2D eigenvalue weighted by Crippen LogP contribution is 2.34. The van der Waals surface area contributed by atoms with Gasteiger partial charge in [0.2, 0.25) is 5.91 Å². The zero-order valence-electron chi connectivity index (χ0n) is 14.2. The van der Waals surface area contributed by atoms with E-state index >= 15 is 0 Å². The average molecular weight is 348 g/mol. The van der Waals surface area contributed by atoms with E-state index in [0.29, 0.717) is 5.75 Å². The highest BCUT2D eigenvalue weighted by Gasteiger charge is 2.47. The van der Waals surface area contributed by atoms with E-state index in [0.717, 1.165) is 48.6 Å². The highest BCUT2D eigenvalue weighted by molar-refractivity contribution is 6.22. The predicted molar refractivity (Wildman–Crippen MR) is 89.7 cm³/mol. The maximum atomic E-state index is 12.9. The molecule has 0 unspecified atom stereocenters. The fourth-order valence-corrected chi connectivity index (χ4v) is 3.70. The van der Waals surface area contributed by atoms with E-state index in [-0.39, 0.29) is 29.6 Å². The van der Waals surface area contributed by atoms with Crippen LogP contribution in [0, 0.1) is 10.1 Å². The number of carbonyl (C=O) groups is 2. The maximum Gasteiger partial charge on any atom is 0.297 e. The molecule has 1 aromatic carbocycles. The molecule has 3 rings (SSSR count). The number of nitrogens with zero attached hydrogens (tertiary/aromatic N) is 2. The van der Waals surface area contributed by atoms with Crippen molar-refractivity contribution in [1.29, 1.82) is 0 Å². The van der Waals surface area contributed by atoms with Gasteiger partial charge in [0.15, 0.2) is 6.04 Å². The number of anilines is 1. The van der Waals surface area contributed by atoms with Crippen LogP contribution in [-0.4, -0.2) is 43.0 Å². The van der Waals surface area contributed by atoms with E-state index in [9.17, 15) is 19.7 Å². The van der Waals surface area contributed by atoms with Gasteiger partial charge >= 0.3 is 0 Å². The van der Waals surface area contributed by atoms with Gasteiger partial charge in [-0.15, -0.1) is 0 Å². The third-order valence-corrected chi connectivity index (χ3v) is 5.01. The molecule has 0 saturated carbocycles. The number of nitrogens with one attached hydrogen (secondary N) is 1. The Balaban J connectivity index is 1.91. The molecule has 1 N–H and O–H groups in total. The third kappa shape index (κ3) is 3.34. The molecule has 0 bridgehead atoms. The minimum Gasteiger partial charge on any atom is -0.496 e. The first kappa shape index (κ1) is 17.3. The molecule has 2 aliphatic heterocycles. The minimum atomic E-state index is -0.593. The molecule has 0 radical (unpaired) electrons. The maximum absolute atomic E-state index is 12.9. The molecular formula is C17H22N3O5+. The fraction of sp³-hybridized carbons (Fsp3) is 0.529. The Morgan fingerprint density at radius 2 is 1.88 bits per heavy atom. The zero-order valence-corrected chi connectivity index (χ0v) is 14.2. The van der Waals surface area contributed by atoms with Crippen molar-refractivity contribution in [2.75, 3.05) is 25.1 Å². The molecule has 0 spiro atoms. The number of methoxy groups -OCH3 is 1. The highest BCUT2D eigenvalue weighted by atomic mass is 16.6. The van der Waals surface area contributed by atoms with Crippen LogP contribution in [0.25, 0.3) is 0 Å². The molecule has 2 aliphatic rings. The Labute approximate surface area is 145 Å². The quantitative estimate of drug-likeness (QED) is 0.491. The number of ether oxygens (including phenoxy) is 1. The van der Waals surface area contributed by atoms with E-state index in [4.69, 9.17) is 4.74 Å². The second-order valence-corrected chi connectivity index (χ2v) is 6.51. The molecule has 0 aliphatic carbocycles. The second-order valence-electron chi connectivity index (χ2n) is 6.51. The van der Waals surface area contributed by atoms with Crippen molar-refractivity contribution in [2.24, 2.45) is 0 Å². The SMILES string of the molecule is COc1ccc(N2C(=O)C[C@H]([NH+]3CCCCCC3)C2=O)c([N+](=O)[O-])c1. The van der Waals surface area contributed by atoms with Crippen molar-refractivity contribution in [3.8, 4) is 5.75 Å². The molecule has 1 atom stereocenters. The number of benzene rings is 1. The Morgan fingerprint density at radius 1 is 1.20 bits per heavy atom. The van der Waals surface area contributed by atoms with Crippen molar-refractivity contribution >= 4 is 23.2 Å². The van der Waals surface area contributed by atoms with Gasteiger partial charge in [-0.25, -0.2) is 4.90 Å². The van der Waals surface area contributed by atoms with E-state index < -0.39 is 11.0 Å². The molecule has 25 heavy (non-hydrogen) atoms. The lowest BCUT2D eigenvalue weighted by Crippen LogP contribution is -3.16. The van der Waals surface area contributed by atoms with Crippen LogP contribution in [0.5, 0.6) is 5.75 Å². The van der Waals surface area contributed by atoms with Gasteiger partial charge in [-0.05, 0) is 37.8 Å². The molecule has 2 saturated heterocycles. The van der Waals surface area contributed by atoms with Crippen LogP contribution in [0.1, 0.15) is 32.1 Å². The largest absolute Gasteiger partial charge is 0.496 e. The van der Waals surface area contributed by atoms with E-state index in [1.165, 1.54) is 25.3 Å². The number of quaternary nitrogens is 1. The van der Waals surface area contributed by atoms with Gasteiger partial charge < -0.3 is 9.64 Å². The van der Waals surface area contributed by atoms with Gasteiger partial charge in [0.25, 0.3) is 11.6 Å². The van der Waals surface area contributed by atoms with Gasteiger partial charge in [-0.1, -0.05) is 0 Å². The predicted octanol–water partition coefficient (Wildman–Crippen LogP) is 0.694. The first-order chi connectivity index (χ1) is 12.0. The summed E-state index contributed by atoms with van der Waals surface area (Å²) in [4.78, 5) is 38.3. The van der Waals surface area contributed by atoms with Gasteiger partial charge in [-0.2, -0.15) is 0 Å². The van der Waals surface area contributed by atoms with Crippen LogP contribution in [0.15, 0.2) is 18.2 Å². The number of hydrogen-bond acceptors (Lipinski definition) is 5. The Kier molecular flexibility index (Phi) is 4.98. The summed E-state index contributed by atoms with van der Waals surface area (Å²) < 4.78 is 5.01. The fourth-order valence-electron chi connectivity index (χ4n) is 3.70. The molecule has 0 aromatic heterocycles. The van der Waals surface area contributed by atoms with Crippen LogP contribution in [-0.2, 0) is 9.59 Å². The Hall–Kier alpha value is -2.48. The number of nitro benzene ring substituents is 1. The summed E-state index contributed by atoms with van der Waals surface area (Å²) in [6, 6.07) is 3.73. The summed E-state index contributed by atoms with van der Waals surface area (Å²) in [6.07, 6.45) is 4.47. The molecule has 134 valence electrons. The Morgan fingerprint density at radius 3 is 2.48 bits per heavy atom. The van der Waals surface area contributed by atoms with Crippen molar-refractivity contribution in [2.45, 2.75) is 38.1 Å². The number of nitro groups is 1. The number of carbonyl (C=O) groups excluding carboxylic acids is 2. The van der Waals surface area contributed by atoms with Crippen LogP contribution >= 0.6 is 0 Å². The summed E-state index contributed by atoms with van der Waals surface area (Å²) in [5, 5.41) is 11.4. The number of hydrogen-bond donors (Lipinski definition) is 1. The van der Waals surface area contributed by atoms with Crippen LogP contribution in [0.2, 0.25) is 0 Å². The summed E-state index contributed by atoms with van der Waals surface area (Å²) in [7, 11) is 1.41. The van der Waals surface area contributed by atoms with Crippen molar-refractivity contribution in [1.82, 2.24) is 0 Å². The van der Waals surface area contributed by atoms with E-state index in [2.05, 4.69) is 0 Å². The first-order valence-corrected chi connectivity index (χ1v) is 8.56. The zero-order chi connectivity index (χ0) is 18.0. The van der Waals surface area contributed by atoms with Crippen LogP contribution in [0.3, 0.4) is 0 Å². The monoisotopic (exact) mass is 348 g/mol. The number of amides is 2. The molecule has 2 heterocycles. The van der Waals surface area contributed by atoms with Crippen molar-refractivity contribution in [3.05, 3.63) is 28.3 Å². The number of imide groups is 1. The van der Waals surface area contributed by atoms with Crippen molar-refractivity contribution < 1.29 is 24.1 Å². The lowest BCUT2D eigenvalue weighted by molar-refractivity contribution is -0.914. The van der Waals surface area contributed by atoms with Gasteiger partial charge in [0.05, 0.1) is 37.6 Å². The first-order valence-electron chi connectivity index (χ1n) is 8.56. The second kappa shape index (κ2) is 7.18. The average Bonchev–Trinajstić information content (AvgIpc) is 2.79. The summed E-state index contributed by atoms with van der Waals surface area (Å²) in [5.74, 6) is -0.403. The summed E-state index contributed by atoms with van der Waals surface area (Å²) in [6.45, 7) is 1.73. The van der Waals surface area contributed by atoms with Crippen LogP contribution in [0.4, 0.5) is 11.4 Å². The summed E-state index contributed by atoms with van der Waals surface area (Å²) in [5.41, 5.74) is -0.273. The molecule has 8 heteroatoms. The van der Waals surface area contributed by atoms with Gasteiger partial charge in [0.1, 0.15) is 11.4 Å². The van der Waals surface area contributed by atoms with Crippen molar-refractivity contribution in [3.63, 3.8) is 0 Å². The third-order valence-electron chi connectivity index (χ3n) is 5.01. The smallest absolute Gasteiger partial charge is 0.297 e. The van der Waals surface area contributed by atoms with Gasteiger partial charge in [-0.3, -0.25) is 19.7 Å². The number of likely N-dealkylation sites (tertiary alicyclic amines) is 1. The van der Waals surface area contributed by atoms with E-state index in [1.54, 1.807) is 0 Å². The molecular weight excluding hydrogens is 326 g/mol. The van der Waals surface area contributed by atoms with Gasteiger partial charge in [0, 0.05) is 0 Å². The normalized spacial score (nSPS) is 22.1. The molecule has 1 aromatic rings. The number of rotatable bonds is 4. The lowest BCUT2D eigenvalue weighted by Gasteiger charge is -2.22. The Bertz CT molecular complexity index is 698.